The van der Waals surface area contributed by atoms with E-state index in [1.54, 1.807) is 0 Å². The highest BCUT2D eigenvalue weighted by Gasteiger charge is 2.10. The summed E-state index contributed by atoms with van der Waals surface area (Å²) < 4.78 is 26.0. The first-order valence-corrected chi connectivity index (χ1v) is 5.96. The fourth-order valence-electron chi connectivity index (χ4n) is 1.66. The Labute approximate surface area is 118 Å². The second kappa shape index (κ2) is 5.83. The Morgan fingerprint density at radius 1 is 1.15 bits per heavy atom. The van der Waals surface area contributed by atoms with Crippen molar-refractivity contribution in [3.05, 3.63) is 68.7 Å². The Bertz CT molecular complexity index is 645. The van der Waals surface area contributed by atoms with E-state index >= 15 is 0 Å². The fourth-order valence-corrected chi connectivity index (χ4v) is 1.85. The zero-order valence-corrected chi connectivity index (χ0v) is 10.8. The number of rotatable bonds is 4. The molecule has 20 heavy (non-hydrogen) atoms. The van der Waals surface area contributed by atoms with Crippen LogP contribution in [0.5, 0.6) is 0 Å². The van der Waals surface area contributed by atoms with Crippen molar-refractivity contribution in [3.8, 4) is 0 Å². The molecule has 0 unspecified atom stereocenters. The lowest BCUT2D eigenvalue weighted by Crippen LogP contribution is -2.02. The van der Waals surface area contributed by atoms with Crippen molar-refractivity contribution in [1.29, 1.82) is 0 Å². The molecule has 0 saturated carbocycles. The summed E-state index contributed by atoms with van der Waals surface area (Å²) in [5, 5.41) is 13.8. The van der Waals surface area contributed by atoms with Crippen molar-refractivity contribution in [2.75, 3.05) is 5.32 Å². The summed E-state index contributed by atoms with van der Waals surface area (Å²) in [6.07, 6.45) is 0. The highest BCUT2D eigenvalue weighted by atomic mass is 35.5. The zero-order valence-electron chi connectivity index (χ0n) is 10.1. The molecule has 0 amide bonds. The number of nitrogens with zero attached hydrogens (tertiary/aromatic N) is 1. The lowest BCUT2D eigenvalue weighted by molar-refractivity contribution is -0.384. The number of nitro benzene ring substituents is 1. The minimum Gasteiger partial charge on any atom is -0.381 e. The molecule has 0 aliphatic heterocycles. The highest BCUT2D eigenvalue weighted by Crippen LogP contribution is 2.23. The van der Waals surface area contributed by atoms with E-state index in [0.717, 1.165) is 18.2 Å². The van der Waals surface area contributed by atoms with Gasteiger partial charge in [0.1, 0.15) is 11.6 Å². The van der Waals surface area contributed by atoms with Gasteiger partial charge in [0.15, 0.2) is 0 Å². The van der Waals surface area contributed by atoms with E-state index in [2.05, 4.69) is 5.32 Å². The third-order valence-corrected chi connectivity index (χ3v) is 2.95. The summed E-state index contributed by atoms with van der Waals surface area (Å²) in [6, 6.07) is 7.00. The van der Waals surface area contributed by atoms with Gasteiger partial charge in [0.05, 0.1) is 4.92 Å². The molecule has 0 aromatic heterocycles. The van der Waals surface area contributed by atoms with E-state index in [1.165, 1.54) is 18.2 Å². The van der Waals surface area contributed by atoms with Crippen molar-refractivity contribution in [1.82, 2.24) is 0 Å². The van der Waals surface area contributed by atoms with Crippen LogP contribution in [0.15, 0.2) is 36.4 Å². The first kappa shape index (κ1) is 14.2. The largest absolute Gasteiger partial charge is 0.381 e. The molecule has 0 saturated heterocycles. The van der Waals surface area contributed by atoms with Crippen LogP contribution in [0.3, 0.4) is 0 Å². The molecule has 0 radical (unpaired) electrons. The predicted molar refractivity (Wildman–Crippen MR) is 71.8 cm³/mol. The quantitative estimate of drug-likeness (QED) is 0.682. The fraction of sp³-hybridized carbons (Fsp3) is 0.0769. The van der Waals surface area contributed by atoms with Gasteiger partial charge in [0.25, 0.3) is 5.69 Å². The number of nitrogens with one attached hydrogen (secondary N) is 1. The topological polar surface area (TPSA) is 55.2 Å². The van der Waals surface area contributed by atoms with E-state index in [-0.39, 0.29) is 17.9 Å². The standard InChI is InChI=1S/C13H9ClF2N2O2/c14-13-2-1-12(18(19)20)3-8(13)7-17-11-5-9(15)4-10(16)6-11/h1-6,17H,7H2. The molecule has 2 aromatic carbocycles. The maximum Gasteiger partial charge on any atom is 0.269 e. The molecule has 1 N–H and O–H groups in total. The van der Waals surface area contributed by atoms with E-state index in [4.69, 9.17) is 11.6 Å². The zero-order chi connectivity index (χ0) is 14.7. The monoisotopic (exact) mass is 298 g/mol. The number of benzene rings is 2. The molecular weight excluding hydrogens is 290 g/mol. The highest BCUT2D eigenvalue weighted by molar-refractivity contribution is 6.31. The Hall–Kier alpha value is -2.21. The van der Waals surface area contributed by atoms with Gasteiger partial charge in [0.2, 0.25) is 0 Å². The number of nitro groups is 1. The summed E-state index contributed by atoms with van der Waals surface area (Å²) in [4.78, 5) is 10.1. The molecule has 4 nitrogen and oxygen atoms in total. The summed E-state index contributed by atoms with van der Waals surface area (Å²) in [6.45, 7) is 0.114. The van der Waals surface area contributed by atoms with Crippen LogP contribution in [0.2, 0.25) is 5.02 Å². The van der Waals surface area contributed by atoms with Gasteiger partial charge in [-0.2, -0.15) is 0 Å². The van der Waals surface area contributed by atoms with Gasteiger partial charge >= 0.3 is 0 Å². The van der Waals surface area contributed by atoms with Gasteiger partial charge in [-0.05, 0) is 23.8 Å². The van der Waals surface area contributed by atoms with Crippen LogP contribution in [0.1, 0.15) is 5.56 Å². The van der Waals surface area contributed by atoms with Crippen LogP contribution in [-0.4, -0.2) is 4.92 Å². The van der Waals surface area contributed by atoms with Crippen LogP contribution in [0.4, 0.5) is 20.2 Å². The predicted octanol–water partition coefficient (Wildman–Crippen LogP) is 4.14. The molecule has 2 aromatic rings. The van der Waals surface area contributed by atoms with Gasteiger partial charge in [-0.15, -0.1) is 0 Å². The molecule has 0 aliphatic carbocycles. The third-order valence-electron chi connectivity index (χ3n) is 2.59. The maximum absolute atomic E-state index is 13.0. The lowest BCUT2D eigenvalue weighted by atomic mass is 10.2. The van der Waals surface area contributed by atoms with Gasteiger partial charge in [0, 0.05) is 35.5 Å². The summed E-state index contributed by atoms with van der Waals surface area (Å²) >= 11 is 5.92. The van der Waals surface area contributed by atoms with Crippen LogP contribution in [0, 0.1) is 21.7 Å². The van der Waals surface area contributed by atoms with E-state index in [1.807, 2.05) is 0 Å². The molecule has 0 spiro atoms. The minimum atomic E-state index is -0.711. The number of anilines is 1. The Kier molecular flexibility index (Phi) is 4.14. The van der Waals surface area contributed by atoms with Crippen LogP contribution in [-0.2, 0) is 6.54 Å². The Morgan fingerprint density at radius 3 is 2.40 bits per heavy atom. The Morgan fingerprint density at radius 2 is 1.80 bits per heavy atom. The number of non-ortho nitro benzene ring substituents is 1. The normalized spacial score (nSPS) is 10.3. The van der Waals surface area contributed by atoms with Crippen molar-refractivity contribution in [2.45, 2.75) is 6.54 Å². The number of halogens is 3. The van der Waals surface area contributed by atoms with Crippen molar-refractivity contribution in [2.24, 2.45) is 0 Å². The summed E-state index contributed by atoms with van der Waals surface area (Å²) in [5.74, 6) is -1.42. The SMILES string of the molecule is O=[N+]([O-])c1ccc(Cl)c(CNc2cc(F)cc(F)c2)c1. The number of hydrogen-bond acceptors (Lipinski definition) is 3. The molecule has 0 bridgehead atoms. The van der Waals surface area contributed by atoms with Crippen molar-refractivity contribution in [3.63, 3.8) is 0 Å². The van der Waals surface area contributed by atoms with Crippen molar-refractivity contribution >= 4 is 23.0 Å². The summed E-state index contributed by atoms with van der Waals surface area (Å²) in [5.41, 5.74) is 0.590. The van der Waals surface area contributed by atoms with E-state index in [0.29, 0.717) is 10.6 Å². The van der Waals surface area contributed by atoms with E-state index in [9.17, 15) is 18.9 Å². The second-order valence-electron chi connectivity index (χ2n) is 4.04. The average molecular weight is 299 g/mol. The minimum absolute atomic E-state index is 0.100. The van der Waals surface area contributed by atoms with Crippen molar-refractivity contribution < 1.29 is 13.7 Å². The van der Waals surface area contributed by atoms with Crippen LogP contribution in [0.25, 0.3) is 0 Å². The smallest absolute Gasteiger partial charge is 0.269 e. The van der Waals surface area contributed by atoms with E-state index < -0.39 is 16.6 Å². The third kappa shape index (κ3) is 3.42. The summed E-state index contributed by atoms with van der Waals surface area (Å²) in [7, 11) is 0. The first-order chi connectivity index (χ1) is 9.45. The van der Waals surface area contributed by atoms with Crippen LogP contribution >= 0.6 is 11.6 Å². The molecule has 0 aliphatic rings. The maximum atomic E-state index is 13.0. The molecule has 2 rings (SSSR count). The molecule has 104 valence electrons. The van der Waals surface area contributed by atoms with Gasteiger partial charge < -0.3 is 5.32 Å². The van der Waals surface area contributed by atoms with Crippen LogP contribution < -0.4 is 5.32 Å². The van der Waals surface area contributed by atoms with Gasteiger partial charge in [-0.3, -0.25) is 10.1 Å². The molecule has 7 heteroatoms. The molecular formula is C13H9ClF2N2O2. The molecule has 0 heterocycles. The number of hydrogen-bond donors (Lipinski definition) is 1. The van der Waals surface area contributed by atoms with Gasteiger partial charge in [-0.25, -0.2) is 8.78 Å². The first-order valence-electron chi connectivity index (χ1n) is 5.58. The average Bonchev–Trinajstić information content (AvgIpc) is 2.36. The lowest BCUT2D eigenvalue weighted by Gasteiger charge is -2.08. The van der Waals surface area contributed by atoms with Gasteiger partial charge in [-0.1, -0.05) is 11.6 Å². The molecule has 0 atom stereocenters. The second-order valence-corrected chi connectivity index (χ2v) is 4.45. The molecule has 0 fully saturated rings. The Balaban J connectivity index is 2.18.